The molecule has 0 aromatic carbocycles. The predicted octanol–water partition coefficient (Wildman–Crippen LogP) is 0.729. The number of likely N-dealkylation sites (tertiary alicyclic amines) is 1. The third-order valence-electron chi connectivity index (χ3n) is 4.35. The molecule has 6 nitrogen and oxygen atoms in total. The molecule has 2 aliphatic rings. The van der Waals surface area contributed by atoms with Gasteiger partial charge in [0.1, 0.15) is 0 Å². The van der Waals surface area contributed by atoms with E-state index in [1.165, 1.54) is 0 Å². The summed E-state index contributed by atoms with van der Waals surface area (Å²) in [5, 5.41) is 11.9. The number of rotatable bonds is 4. The molecule has 2 N–H and O–H groups in total. The first kappa shape index (κ1) is 14.1. The van der Waals surface area contributed by atoms with E-state index < -0.39 is 11.5 Å². The Hall–Kier alpha value is -1.30. The Kier molecular flexibility index (Phi) is 3.99. The zero-order valence-electron chi connectivity index (χ0n) is 11.7. The summed E-state index contributed by atoms with van der Waals surface area (Å²) in [6.45, 7) is 1.47. The van der Waals surface area contributed by atoms with Gasteiger partial charge in [-0.05, 0) is 39.8 Å². The lowest BCUT2D eigenvalue weighted by atomic mass is 9.74. The number of aliphatic carboxylic acids is 1. The molecule has 0 aromatic heterocycles. The summed E-state index contributed by atoms with van der Waals surface area (Å²) in [5.74, 6) is -0.840. The van der Waals surface area contributed by atoms with Crippen LogP contribution in [0.25, 0.3) is 0 Å². The summed E-state index contributed by atoms with van der Waals surface area (Å²) < 4.78 is 0. The van der Waals surface area contributed by atoms with Gasteiger partial charge < -0.3 is 20.2 Å². The Balaban J connectivity index is 1.89. The first-order chi connectivity index (χ1) is 8.92. The van der Waals surface area contributed by atoms with E-state index in [0.29, 0.717) is 6.04 Å². The summed E-state index contributed by atoms with van der Waals surface area (Å²) in [4.78, 5) is 27.0. The number of carbonyl (C=O) groups is 2. The van der Waals surface area contributed by atoms with Crippen LogP contribution in [-0.4, -0.2) is 65.7 Å². The van der Waals surface area contributed by atoms with E-state index in [1.807, 2.05) is 14.1 Å². The molecule has 1 aliphatic heterocycles. The van der Waals surface area contributed by atoms with Crippen molar-refractivity contribution in [3.05, 3.63) is 0 Å². The van der Waals surface area contributed by atoms with Crippen molar-refractivity contribution in [2.24, 2.45) is 0 Å². The lowest BCUT2D eigenvalue weighted by Crippen LogP contribution is -2.57. The van der Waals surface area contributed by atoms with Crippen LogP contribution < -0.4 is 5.32 Å². The van der Waals surface area contributed by atoms with Gasteiger partial charge in [-0.15, -0.1) is 0 Å². The standard InChI is InChI=1S/C13H23N3O3/c1-15(2)10-4-7-16(9-10)12(19)14-13(5-3-6-13)8-11(17)18/h10H,3-9H2,1-2H3,(H,14,19)(H,17,18). The molecule has 1 atom stereocenters. The van der Waals surface area contributed by atoms with Crippen LogP contribution in [0.3, 0.4) is 0 Å². The number of nitrogens with zero attached hydrogens (tertiary/aromatic N) is 2. The molecule has 2 amide bonds. The van der Waals surface area contributed by atoms with E-state index in [9.17, 15) is 9.59 Å². The summed E-state index contributed by atoms with van der Waals surface area (Å²) in [6, 6.07) is 0.299. The Morgan fingerprint density at radius 1 is 1.42 bits per heavy atom. The van der Waals surface area contributed by atoms with Crippen LogP contribution in [0.15, 0.2) is 0 Å². The summed E-state index contributed by atoms with van der Waals surface area (Å²) in [5.41, 5.74) is -0.501. The maximum Gasteiger partial charge on any atom is 0.317 e. The molecule has 0 bridgehead atoms. The van der Waals surface area contributed by atoms with Crippen molar-refractivity contribution in [3.8, 4) is 0 Å². The van der Waals surface area contributed by atoms with Gasteiger partial charge >= 0.3 is 12.0 Å². The summed E-state index contributed by atoms with van der Waals surface area (Å²) >= 11 is 0. The molecule has 2 fully saturated rings. The zero-order chi connectivity index (χ0) is 14.0. The predicted molar refractivity (Wildman–Crippen MR) is 71.0 cm³/mol. The van der Waals surface area contributed by atoms with Crippen molar-refractivity contribution in [2.45, 2.75) is 43.7 Å². The second-order valence-electron chi connectivity index (χ2n) is 5.99. The third-order valence-corrected chi connectivity index (χ3v) is 4.35. The molecule has 1 unspecified atom stereocenters. The van der Waals surface area contributed by atoms with Gasteiger partial charge in [-0.3, -0.25) is 4.79 Å². The molecule has 1 heterocycles. The highest BCUT2D eigenvalue weighted by Crippen LogP contribution is 2.35. The van der Waals surface area contributed by atoms with Gasteiger partial charge in [0.2, 0.25) is 0 Å². The molecule has 1 saturated heterocycles. The number of likely N-dealkylation sites (N-methyl/N-ethyl adjacent to an activating group) is 1. The minimum Gasteiger partial charge on any atom is -0.481 e. The van der Waals surface area contributed by atoms with Gasteiger partial charge in [0.25, 0.3) is 0 Å². The van der Waals surface area contributed by atoms with Gasteiger partial charge in [0, 0.05) is 19.1 Å². The molecule has 0 aromatic rings. The van der Waals surface area contributed by atoms with Gasteiger partial charge in [-0.25, -0.2) is 4.79 Å². The summed E-state index contributed by atoms with van der Waals surface area (Å²) in [7, 11) is 4.04. The molecule has 6 heteroatoms. The average Bonchev–Trinajstić information content (AvgIpc) is 2.74. The highest BCUT2D eigenvalue weighted by atomic mass is 16.4. The van der Waals surface area contributed by atoms with Crippen LogP contribution >= 0.6 is 0 Å². The number of hydrogen-bond donors (Lipinski definition) is 2. The second kappa shape index (κ2) is 5.36. The number of carbonyl (C=O) groups excluding carboxylic acids is 1. The minimum atomic E-state index is -0.840. The minimum absolute atomic E-state index is 0.0314. The van der Waals surface area contributed by atoms with Crippen molar-refractivity contribution in [1.82, 2.24) is 15.1 Å². The van der Waals surface area contributed by atoms with Crippen molar-refractivity contribution >= 4 is 12.0 Å². The summed E-state index contributed by atoms with van der Waals surface area (Å²) in [6.07, 6.45) is 3.55. The van der Waals surface area contributed by atoms with Crippen LogP contribution in [0.1, 0.15) is 32.1 Å². The zero-order valence-corrected chi connectivity index (χ0v) is 11.7. The highest BCUT2D eigenvalue weighted by Gasteiger charge is 2.42. The Bertz CT molecular complexity index is 366. The molecular weight excluding hydrogens is 246 g/mol. The van der Waals surface area contributed by atoms with Crippen LogP contribution in [0, 0.1) is 0 Å². The number of amides is 2. The van der Waals surface area contributed by atoms with Crippen LogP contribution in [0.5, 0.6) is 0 Å². The van der Waals surface area contributed by atoms with E-state index >= 15 is 0 Å². The Labute approximate surface area is 113 Å². The van der Waals surface area contributed by atoms with Crippen molar-refractivity contribution in [3.63, 3.8) is 0 Å². The van der Waals surface area contributed by atoms with E-state index in [4.69, 9.17) is 5.11 Å². The lowest BCUT2D eigenvalue weighted by molar-refractivity contribution is -0.139. The first-order valence-corrected chi connectivity index (χ1v) is 6.87. The Morgan fingerprint density at radius 3 is 2.53 bits per heavy atom. The number of hydrogen-bond acceptors (Lipinski definition) is 3. The number of urea groups is 1. The third kappa shape index (κ3) is 3.18. The molecule has 0 spiro atoms. The van der Waals surface area contributed by atoms with Gasteiger partial charge in [0.15, 0.2) is 0 Å². The quantitative estimate of drug-likeness (QED) is 0.789. The van der Waals surface area contributed by atoms with Crippen LogP contribution in [0.2, 0.25) is 0 Å². The first-order valence-electron chi connectivity index (χ1n) is 6.87. The molecule has 108 valence electrons. The molecule has 1 saturated carbocycles. The highest BCUT2D eigenvalue weighted by molar-refractivity contribution is 5.77. The van der Waals surface area contributed by atoms with E-state index in [-0.39, 0.29) is 12.5 Å². The molecular formula is C13H23N3O3. The van der Waals surface area contributed by atoms with E-state index in [2.05, 4.69) is 10.2 Å². The normalized spacial score (nSPS) is 25.2. The fourth-order valence-corrected chi connectivity index (χ4v) is 2.89. The molecule has 1 aliphatic carbocycles. The van der Waals surface area contributed by atoms with Crippen LogP contribution in [0.4, 0.5) is 4.79 Å². The molecule has 2 rings (SSSR count). The topological polar surface area (TPSA) is 72.9 Å². The van der Waals surface area contributed by atoms with Gasteiger partial charge in [-0.1, -0.05) is 0 Å². The maximum absolute atomic E-state index is 12.2. The van der Waals surface area contributed by atoms with Gasteiger partial charge in [-0.2, -0.15) is 0 Å². The fraction of sp³-hybridized carbons (Fsp3) is 0.846. The second-order valence-corrected chi connectivity index (χ2v) is 5.99. The molecule has 19 heavy (non-hydrogen) atoms. The number of carboxylic acid groups (broad SMARTS) is 1. The lowest BCUT2D eigenvalue weighted by Gasteiger charge is -2.42. The van der Waals surface area contributed by atoms with E-state index in [0.717, 1.165) is 38.8 Å². The average molecular weight is 269 g/mol. The van der Waals surface area contributed by atoms with Crippen molar-refractivity contribution in [2.75, 3.05) is 27.2 Å². The monoisotopic (exact) mass is 269 g/mol. The smallest absolute Gasteiger partial charge is 0.317 e. The van der Waals surface area contributed by atoms with E-state index in [1.54, 1.807) is 4.90 Å². The fourth-order valence-electron chi connectivity index (χ4n) is 2.89. The largest absolute Gasteiger partial charge is 0.481 e. The maximum atomic E-state index is 12.2. The van der Waals surface area contributed by atoms with Crippen LogP contribution in [-0.2, 0) is 4.79 Å². The molecule has 0 radical (unpaired) electrons. The van der Waals surface area contributed by atoms with Crippen molar-refractivity contribution in [1.29, 1.82) is 0 Å². The van der Waals surface area contributed by atoms with Crippen molar-refractivity contribution < 1.29 is 14.7 Å². The van der Waals surface area contributed by atoms with Gasteiger partial charge in [0.05, 0.1) is 12.0 Å². The number of nitrogens with one attached hydrogen (secondary N) is 1. The number of carboxylic acids is 1. The Morgan fingerprint density at radius 2 is 2.11 bits per heavy atom. The SMILES string of the molecule is CN(C)C1CCN(C(=O)NC2(CC(=O)O)CCC2)C1.